The molecular weight excluding hydrogens is 374 g/mol. The van der Waals surface area contributed by atoms with Gasteiger partial charge in [-0.2, -0.15) is 0 Å². The van der Waals surface area contributed by atoms with Gasteiger partial charge in [-0.3, -0.25) is 15.0 Å². The van der Waals surface area contributed by atoms with Crippen molar-refractivity contribution in [3.05, 3.63) is 101 Å². The van der Waals surface area contributed by atoms with Crippen molar-refractivity contribution in [1.82, 2.24) is 10.9 Å². The van der Waals surface area contributed by atoms with Crippen LogP contribution in [0.3, 0.4) is 0 Å². The van der Waals surface area contributed by atoms with Crippen molar-refractivity contribution < 1.29 is 9.59 Å². The summed E-state index contributed by atoms with van der Waals surface area (Å²) in [5, 5.41) is 3.02. The first-order valence-electron chi connectivity index (χ1n) is 10.1. The van der Waals surface area contributed by atoms with E-state index in [1.807, 2.05) is 92.7 Å². The van der Waals surface area contributed by atoms with Crippen LogP contribution in [0.15, 0.2) is 78.9 Å². The summed E-state index contributed by atoms with van der Waals surface area (Å²) in [4.78, 5) is 26.4. The molecule has 5 nitrogen and oxygen atoms in total. The van der Waals surface area contributed by atoms with Crippen molar-refractivity contribution in [2.24, 2.45) is 5.92 Å². The maximum Gasteiger partial charge on any atom is 0.247 e. The third-order valence-electron chi connectivity index (χ3n) is 5.71. The third kappa shape index (κ3) is 3.84. The van der Waals surface area contributed by atoms with E-state index >= 15 is 0 Å². The van der Waals surface area contributed by atoms with Gasteiger partial charge in [-0.15, -0.1) is 0 Å². The van der Waals surface area contributed by atoms with E-state index in [2.05, 4.69) is 16.2 Å². The number of carbonyl (C=O) groups excluding carboxylic acids is 2. The van der Waals surface area contributed by atoms with Gasteiger partial charge in [0.05, 0.1) is 6.04 Å². The van der Waals surface area contributed by atoms with Gasteiger partial charge in [-0.25, -0.2) is 5.43 Å². The summed E-state index contributed by atoms with van der Waals surface area (Å²) < 4.78 is 0. The van der Waals surface area contributed by atoms with Gasteiger partial charge in [-0.1, -0.05) is 78.9 Å². The van der Waals surface area contributed by atoms with Crippen LogP contribution >= 0.6 is 0 Å². The topological polar surface area (TPSA) is 70.2 Å². The summed E-state index contributed by atoms with van der Waals surface area (Å²) in [6.07, 6.45) is 0. The number of hydrogen-bond donors (Lipinski definition) is 3. The lowest BCUT2D eigenvalue weighted by molar-refractivity contribution is -0.137. The van der Waals surface area contributed by atoms with E-state index in [0.29, 0.717) is 0 Å². The van der Waals surface area contributed by atoms with E-state index in [1.165, 1.54) is 0 Å². The number of carbonyl (C=O) groups is 2. The number of nitrogens with one attached hydrogen (secondary N) is 3. The minimum Gasteiger partial charge on any atom is -0.325 e. The fraction of sp³-hybridized carbons (Fsp3) is 0.200. The van der Waals surface area contributed by atoms with E-state index < -0.39 is 5.92 Å². The number of anilines is 1. The second-order valence-corrected chi connectivity index (χ2v) is 7.69. The molecule has 0 aromatic heterocycles. The summed E-state index contributed by atoms with van der Waals surface area (Å²) in [5.74, 6) is -1.87. The molecule has 1 saturated heterocycles. The number of hydrogen-bond acceptors (Lipinski definition) is 3. The van der Waals surface area contributed by atoms with Crippen LogP contribution in [-0.4, -0.2) is 11.8 Å². The van der Waals surface area contributed by atoms with Gasteiger partial charge in [-0.05, 0) is 36.1 Å². The second-order valence-electron chi connectivity index (χ2n) is 7.69. The molecule has 3 unspecified atom stereocenters. The first-order valence-corrected chi connectivity index (χ1v) is 10.1. The quantitative estimate of drug-likeness (QED) is 0.581. The highest BCUT2D eigenvalue weighted by Crippen LogP contribution is 2.40. The second kappa shape index (κ2) is 8.51. The van der Waals surface area contributed by atoms with Crippen molar-refractivity contribution in [3.63, 3.8) is 0 Å². The Kier molecular flexibility index (Phi) is 5.63. The van der Waals surface area contributed by atoms with Crippen molar-refractivity contribution >= 4 is 17.5 Å². The monoisotopic (exact) mass is 399 g/mol. The molecule has 3 aromatic rings. The fourth-order valence-electron chi connectivity index (χ4n) is 4.18. The van der Waals surface area contributed by atoms with E-state index in [9.17, 15) is 9.59 Å². The predicted octanol–water partition coefficient (Wildman–Crippen LogP) is 4.02. The van der Waals surface area contributed by atoms with Crippen LogP contribution in [0.1, 0.15) is 34.2 Å². The maximum absolute atomic E-state index is 13.4. The summed E-state index contributed by atoms with van der Waals surface area (Å²) >= 11 is 0. The van der Waals surface area contributed by atoms with Crippen LogP contribution in [0.2, 0.25) is 0 Å². The summed E-state index contributed by atoms with van der Waals surface area (Å²) in [7, 11) is 0. The Labute approximate surface area is 176 Å². The first kappa shape index (κ1) is 19.9. The van der Waals surface area contributed by atoms with Crippen LogP contribution in [0.25, 0.3) is 0 Å². The molecule has 4 rings (SSSR count). The third-order valence-corrected chi connectivity index (χ3v) is 5.71. The van der Waals surface area contributed by atoms with Gasteiger partial charge in [0.25, 0.3) is 0 Å². The molecule has 0 saturated carbocycles. The Balaban J connectivity index is 1.75. The molecule has 0 spiro atoms. The normalized spacial score (nSPS) is 21.0. The Morgan fingerprint density at radius 1 is 0.800 bits per heavy atom. The van der Waals surface area contributed by atoms with Crippen molar-refractivity contribution in [2.75, 3.05) is 5.32 Å². The molecule has 2 amide bonds. The highest BCUT2D eigenvalue weighted by molar-refractivity contribution is 6.08. The smallest absolute Gasteiger partial charge is 0.247 e. The van der Waals surface area contributed by atoms with Crippen molar-refractivity contribution in [2.45, 2.75) is 25.8 Å². The lowest BCUT2D eigenvalue weighted by Gasteiger charge is -2.38. The van der Waals surface area contributed by atoms with Gasteiger partial charge < -0.3 is 5.32 Å². The highest BCUT2D eigenvalue weighted by Gasteiger charge is 2.44. The van der Waals surface area contributed by atoms with E-state index in [0.717, 1.165) is 27.9 Å². The average Bonchev–Trinajstić information content (AvgIpc) is 2.77. The molecule has 1 heterocycles. The maximum atomic E-state index is 13.4. The molecular formula is C25H25N3O2. The van der Waals surface area contributed by atoms with Crippen LogP contribution in [0, 0.1) is 19.8 Å². The van der Waals surface area contributed by atoms with Crippen molar-refractivity contribution in [1.29, 1.82) is 0 Å². The highest BCUT2D eigenvalue weighted by atomic mass is 16.2. The number of benzene rings is 3. The van der Waals surface area contributed by atoms with Crippen LogP contribution in [0.4, 0.5) is 5.69 Å². The Hall–Kier alpha value is -3.44. The molecule has 3 atom stereocenters. The van der Waals surface area contributed by atoms with E-state index in [-0.39, 0.29) is 23.8 Å². The number of amides is 2. The number of rotatable bonds is 4. The molecule has 1 fully saturated rings. The van der Waals surface area contributed by atoms with E-state index in [1.54, 1.807) is 0 Å². The van der Waals surface area contributed by atoms with Crippen LogP contribution in [-0.2, 0) is 9.59 Å². The zero-order valence-electron chi connectivity index (χ0n) is 17.1. The Morgan fingerprint density at radius 2 is 1.37 bits per heavy atom. The summed E-state index contributed by atoms with van der Waals surface area (Å²) in [6.45, 7) is 3.90. The molecule has 1 aliphatic rings. The lowest BCUT2D eigenvalue weighted by Crippen LogP contribution is -2.56. The zero-order valence-corrected chi connectivity index (χ0v) is 17.1. The Morgan fingerprint density at radius 3 is 1.97 bits per heavy atom. The number of hydrazine groups is 1. The lowest BCUT2D eigenvalue weighted by atomic mass is 9.76. The van der Waals surface area contributed by atoms with Gasteiger partial charge >= 0.3 is 0 Å². The zero-order chi connectivity index (χ0) is 21.1. The molecule has 3 aromatic carbocycles. The molecule has 152 valence electrons. The minimum atomic E-state index is -0.877. The summed E-state index contributed by atoms with van der Waals surface area (Å²) in [5.41, 5.74) is 10.5. The predicted molar refractivity (Wildman–Crippen MR) is 118 cm³/mol. The molecule has 5 heteroatoms. The molecule has 0 aliphatic carbocycles. The van der Waals surface area contributed by atoms with Crippen molar-refractivity contribution in [3.8, 4) is 0 Å². The standard InChI is InChI=1S/C25H25N3O2/c1-16-10-9-11-17(2)22(16)26-24(29)21-20(18-12-5-3-6-13-18)23(27-28-25(21)30)19-14-7-4-8-15-19/h3-15,20-21,23,27H,1-2H3,(H,26,29)(H,28,30). The molecule has 30 heavy (non-hydrogen) atoms. The van der Waals surface area contributed by atoms with Gasteiger partial charge in [0.1, 0.15) is 5.92 Å². The van der Waals surface area contributed by atoms with Gasteiger partial charge in [0, 0.05) is 11.6 Å². The van der Waals surface area contributed by atoms with E-state index in [4.69, 9.17) is 0 Å². The molecule has 1 aliphatic heterocycles. The van der Waals surface area contributed by atoms with Gasteiger partial charge in [0.2, 0.25) is 11.8 Å². The average molecular weight is 399 g/mol. The molecule has 0 bridgehead atoms. The largest absolute Gasteiger partial charge is 0.325 e. The van der Waals surface area contributed by atoms with Crippen LogP contribution in [0.5, 0.6) is 0 Å². The van der Waals surface area contributed by atoms with Gasteiger partial charge in [0.15, 0.2) is 0 Å². The molecule has 0 radical (unpaired) electrons. The first-order chi connectivity index (χ1) is 14.6. The fourth-order valence-corrected chi connectivity index (χ4v) is 4.18. The SMILES string of the molecule is Cc1cccc(C)c1NC(=O)C1C(=O)NNC(c2ccccc2)C1c1ccccc1. The minimum absolute atomic E-state index is 0.236. The van der Waals surface area contributed by atoms with Crippen LogP contribution < -0.4 is 16.2 Å². The Bertz CT molecular complexity index is 1030. The number of aryl methyl sites for hydroxylation is 2. The summed E-state index contributed by atoms with van der Waals surface area (Å²) in [6, 6.07) is 25.3. The number of para-hydroxylation sites is 1. The molecule has 3 N–H and O–H groups in total.